The van der Waals surface area contributed by atoms with Gasteiger partial charge >= 0.3 is 0 Å². The molecule has 0 amide bonds. The van der Waals surface area contributed by atoms with E-state index in [-0.39, 0.29) is 6.10 Å². The number of piperazine rings is 1. The predicted octanol–water partition coefficient (Wildman–Crippen LogP) is 2.06. The summed E-state index contributed by atoms with van der Waals surface area (Å²) in [7, 11) is 2.16. The fraction of sp³-hybridized carbons (Fsp3) is 0.500. The van der Waals surface area contributed by atoms with Gasteiger partial charge in [-0.05, 0) is 26.8 Å². The van der Waals surface area contributed by atoms with Gasteiger partial charge in [-0.1, -0.05) is 30.3 Å². The Balaban J connectivity index is 1.52. The van der Waals surface area contributed by atoms with Crippen molar-refractivity contribution in [3.8, 4) is 17.3 Å². The van der Waals surface area contributed by atoms with Crippen LogP contribution in [-0.2, 0) is 0 Å². The average molecular weight is 408 g/mol. The van der Waals surface area contributed by atoms with Gasteiger partial charge in [-0.2, -0.15) is 14.5 Å². The summed E-state index contributed by atoms with van der Waals surface area (Å²) >= 11 is 0. The second-order valence-electron chi connectivity index (χ2n) is 8.39. The predicted molar refractivity (Wildman–Crippen MR) is 117 cm³/mol. The lowest BCUT2D eigenvalue weighted by Gasteiger charge is -2.33. The van der Waals surface area contributed by atoms with E-state index in [1.807, 2.05) is 40.9 Å². The largest absolute Gasteiger partial charge is 0.474 e. The van der Waals surface area contributed by atoms with Crippen LogP contribution in [0.4, 0.5) is 5.82 Å². The zero-order valence-corrected chi connectivity index (χ0v) is 17.7. The summed E-state index contributed by atoms with van der Waals surface area (Å²) in [5.41, 5.74) is 0.986. The lowest BCUT2D eigenvalue weighted by molar-refractivity contribution is 0.110. The van der Waals surface area contributed by atoms with Crippen LogP contribution in [0, 0.1) is 0 Å². The SMILES string of the molecule is CC1CN(c2cc(OC3CCN(C)CC3)nc3nc(-c4ccccc4)nn23)CCN1. The number of aromatic nitrogens is 4. The summed E-state index contributed by atoms with van der Waals surface area (Å²) in [4.78, 5) is 14.1. The number of ether oxygens (including phenoxy) is 1. The first-order valence-corrected chi connectivity index (χ1v) is 10.8. The molecule has 2 aliphatic heterocycles. The van der Waals surface area contributed by atoms with Gasteiger partial charge in [0.2, 0.25) is 5.88 Å². The van der Waals surface area contributed by atoms with Gasteiger partial charge in [0, 0.05) is 50.4 Å². The second kappa shape index (κ2) is 8.20. The zero-order valence-electron chi connectivity index (χ0n) is 17.7. The van der Waals surface area contributed by atoms with Crippen molar-refractivity contribution in [2.75, 3.05) is 44.7 Å². The molecule has 158 valence electrons. The number of anilines is 1. The summed E-state index contributed by atoms with van der Waals surface area (Å²) in [5.74, 6) is 2.90. The van der Waals surface area contributed by atoms with Gasteiger partial charge in [-0.25, -0.2) is 0 Å². The minimum atomic E-state index is 0.197. The fourth-order valence-corrected chi connectivity index (χ4v) is 4.24. The molecule has 2 saturated heterocycles. The van der Waals surface area contributed by atoms with Crippen molar-refractivity contribution >= 4 is 11.6 Å². The van der Waals surface area contributed by atoms with Crippen LogP contribution in [0.2, 0.25) is 0 Å². The van der Waals surface area contributed by atoms with E-state index in [0.29, 0.717) is 23.5 Å². The van der Waals surface area contributed by atoms with E-state index in [0.717, 1.165) is 56.9 Å². The fourth-order valence-electron chi connectivity index (χ4n) is 4.24. The first-order chi connectivity index (χ1) is 14.7. The molecule has 0 bridgehead atoms. The Hall–Kier alpha value is -2.71. The summed E-state index contributed by atoms with van der Waals surface area (Å²) in [5, 5.41) is 8.31. The topological polar surface area (TPSA) is 70.8 Å². The van der Waals surface area contributed by atoms with Gasteiger partial charge < -0.3 is 19.9 Å². The van der Waals surface area contributed by atoms with Crippen molar-refractivity contribution in [3.05, 3.63) is 36.4 Å². The maximum absolute atomic E-state index is 6.32. The number of likely N-dealkylation sites (tertiary alicyclic amines) is 1. The van der Waals surface area contributed by atoms with Crippen molar-refractivity contribution in [2.45, 2.75) is 31.9 Å². The molecule has 1 N–H and O–H groups in total. The smallest absolute Gasteiger partial charge is 0.257 e. The molecule has 0 radical (unpaired) electrons. The van der Waals surface area contributed by atoms with E-state index in [2.05, 4.69) is 29.1 Å². The second-order valence-corrected chi connectivity index (χ2v) is 8.39. The lowest BCUT2D eigenvalue weighted by atomic mass is 10.1. The Morgan fingerprint density at radius 1 is 1.07 bits per heavy atom. The molecule has 1 unspecified atom stereocenters. The molecular formula is C22H29N7O. The van der Waals surface area contributed by atoms with E-state index < -0.39 is 0 Å². The van der Waals surface area contributed by atoms with Crippen LogP contribution >= 0.6 is 0 Å². The molecule has 0 saturated carbocycles. The number of piperidine rings is 1. The van der Waals surface area contributed by atoms with Crippen LogP contribution in [0.5, 0.6) is 5.88 Å². The van der Waals surface area contributed by atoms with Crippen molar-refractivity contribution < 1.29 is 4.74 Å². The minimum Gasteiger partial charge on any atom is -0.474 e. The van der Waals surface area contributed by atoms with Crippen LogP contribution in [0.3, 0.4) is 0 Å². The third-order valence-electron chi connectivity index (χ3n) is 5.95. The first kappa shape index (κ1) is 19.3. The molecule has 2 aliphatic rings. The van der Waals surface area contributed by atoms with Gasteiger partial charge in [0.05, 0.1) is 0 Å². The Bertz CT molecular complexity index is 997. The third-order valence-corrected chi connectivity index (χ3v) is 5.95. The Kier molecular flexibility index (Phi) is 5.26. The molecule has 1 aromatic carbocycles. The highest BCUT2D eigenvalue weighted by Gasteiger charge is 2.24. The minimum absolute atomic E-state index is 0.197. The van der Waals surface area contributed by atoms with Crippen LogP contribution in [0.15, 0.2) is 36.4 Å². The standard InChI is InChI=1S/C22H29N7O/c1-16-15-28(13-10-23-16)20-14-19(30-18-8-11-27(2)12-9-18)24-22-25-21(26-29(20)22)17-6-4-3-5-7-17/h3-7,14,16,18,23H,8-13,15H2,1-2H3. The maximum Gasteiger partial charge on any atom is 0.257 e. The molecule has 30 heavy (non-hydrogen) atoms. The summed E-state index contributed by atoms with van der Waals surface area (Å²) in [6.07, 6.45) is 2.24. The first-order valence-electron chi connectivity index (χ1n) is 10.8. The highest BCUT2D eigenvalue weighted by molar-refractivity contribution is 5.59. The molecule has 5 rings (SSSR count). The molecular weight excluding hydrogens is 378 g/mol. The monoisotopic (exact) mass is 407 g/mol. The van der Waals surface area contributed by atoms with Crippen LogP contribution in [-0.4, -0.2) is 76.4 Å². The number of rotatable bonds is 4. The highest BCUT2D eigenvalue weighted by Crippen LogP contribution is 2.26. The molecule has 0 aliphatic carbocycles. The highest BCUT2D eigenvalue weighted by atomic mass is 16.5. The van der Waals surface area contributed by atoms with Gasteiger partial charge in [-0.15, -0.1) is 5.10 Å². The van der Waals surface area contributed by atoms with Crippen LogP contribution < -0.4 is 15.0 Å². The van der Waals surface area contributed by atoms with Gasteiger partial charge in [0.15, 0.2) is 5.82 Å². The summed E-state index contributed by atoms with van der Waals surface area (Å²) in [6, 6.07) is 12.5. The molecule has 1 atom stereocenters. The average Bonchev–Trinajstić information content (AvgIpc) is 3.20. The number of nitrogens with one attached hydrogen (secondary N) is 1. The van der Waals surface area contributed by atoms with Gasteiger partial charge in [0.25, 0.3) is 5.78 Å². The quantitative estimate of drug-likeness (QED) is 0.710. The van der Waals surface area contributed by atoms with Crippen molar-refractivity contribution in [3.63, 3.8) is 0 Å². The molecule has 2 fully saturated rings. The van der Waals surface area contributed by atoms with Gasteiger partial charge in [0.1, 0.15) is 11.9 Å². The molecule has 3 aromatic rings. The van der Waals surface area contributed by atoms with E-state index in [1.54, 1.807) is 0 Å². The Labute approximate surface area is 176 Å². The number of hydrogen-bond acceptors (Lipinski definition) is 7. The molecule has 8 nitrogen and oxygen atoms in total. The van der Waals surface area contributed by atoms with Crippen molar-refractivity contribution in [1.82, 2.24) is 29.8 Å². The van der Waals surface area contributed by atoms with Crippen molar-refractivity contribution in [1.29, 1.82) is 0 Å². The molecule has 8 heteroatoms. The van der Waals surface area contributed by atoms with Gasteiger partial charge in [-0.3, -0.25) is 0 Å². The van der Waals surface area contributed by atoms with E-state index in [1.165, 1.54) is 0 Å². The van der Waals surface area contributed by atoms with Crippen molar-refractivity contribution in [2.24, 2.45) is 0 Å². The maximum atomic E-state index is 6.32. The number of fused-ring (bicyclic) bond motifs is 1. The normalized spacial score (nSPS) is 21.3. The molecule has 0 spiro atoms. The zero-order chi connectivity index (χ0) is 20.5. The number of hydrogen-bond donors (Lipinski definition) is 1. The summed E-state index contributed by atoms with van der Waals surface area (Å²) in [6.45, 7) is 7.08. The lowest BCUT2D eigenvalue weighted by Crippen LogP contribution is -2.49. The Morgan fingerprint density at radius 3 is 2.63 bits per heavy atom. The summed E-state index contributed by atoms with van der Waals surface area (Å²) < 4.78 is 8.19. The van der Waals surface area contributed by atoms with Crippen LogP contribution in [0.1, 0.15) is 19.8 Å². The molecule has 4 heterocycles. The van der Waals surface area contributed by atoms with E-state index in [4.69, 9.17) is 19.8 Å². The number of nitrogens with zero attached hydrogens (tertiary/aromatic N) is 6. The third kappa shape index (κ3) is 3.97. The van der Waals surface area contributed by atoms with Crippen LogP contribution in [0.25, 0.3) is 17.2 Å². The molecule has 2 aromatic heterocycles. The van der Waals surface area contributed by atoms with E-state index in [9.17, 15) is 0 Å². The number of benzene rings is 1. The van der Waals surface area contributed by atoms with E-state index >= 15 is 0 Å². The Morgan fingerprint density at radius 2 is 1.87 bits per heavy atom.